The molecule has 29 heavy (non-hydrogen) atoms. The number of para-hydroxylation sites is 2. The molecule has 2 aromatic carbocycles. The highest BCUT2D eigenvalue weighted by Gasteiger charge is 2.36. The summed E-state index contributed by atoms with van der Waals surface area (Å²) in [6, 6.07) is 15.2. The zero-order valence-corrected chi connectivity index (χ0v) is 16.8. The molecule has 1 aliphatic rings. The molecule has 0 radical (unpaired) electrons. The maximum Gasteiger partial charge on any atom is 0.240 e. The summed E-state index contributed by atoms with van der Waals surface area (Å²) in [6.07, 6.45) is 0.0968. The second-order valence-corrected chi connectivity index (χ2v) is 8.35. The molecule has 1 unspecified atom stereocenters. The summed E-state index contributed by atoms with van der Waals surface area (Å²) in [6.45, 7) is 0.435. The number of ether oxygens (including phenoxy) is 1. The Kier molecular flexibility index (Phi) is 6.50. The largest absolute Gasteiger partial charge is 0.495 e. The second-order valence-electron chi connectivity index (χ2n) is 6.58. The number of nitrogens with one attached hydrogen (secondary N) is 2. The number of hydrogen-bond acceptors (Lipinski definition) is 5. The van der Waals surface area contributed by atoms with Gasteiger partial charge in [-0.25, -0.2) is 13.1 Å². The van der Waals surface area contributed by atoms with Crippen LogP contribution in [0.5, 0.6) is 5.75 Å². The minimum atomic E-state index is -3.62. The van der Waals surface area contributed by atoms with Gasteiger partial charge in [0.2, 0.25) is 21.8 Å². The van der Waals surface area contributed by atoms with Crippen molar-refractivity contribution in [2.75, 3.05) is 31.6 Å². The van der Waals surface area contributed by atoms with Crippen LogP contribution >= 0.6 is 0 Å². The topological polar surface area (TPSA) is 105 Å². The van der Waals surface area contributed by atoms with Crippen LogP contribution in [0.3, 0.4) is 0 Å². The fourth-order valence-electron chi connectivity index (χ4n) is 3.17. The first-order valence-corrected chi connectivity index (χ1v) is 10.7. The molecule has 0 aliphatic carbocycles. The number of rotatable bonds is 8. The summed E-state index contributed by atoms with van der Waals surface area (Å²) < 4.78 is 32.0. The molecule has 154 valence electrons. The standard InChI is InChI=1S/C20H23N3O5S/c1-28-18-10-6-5-9-17(18)23-14-15(13-19(23)24)20(25)21-11-12-22-29(26,27)16-7-3-2-4-8-16/h2-10,15,22H,11-14H2,1H3,(H,21,25). The van der Waals surface area contributed by atoms with Crippen LogP contribution in [0, 0.1) is 5.92 Å². The molecular weight excluding hydrogens is 394 g/mol. The number of amides is 2. The molecule has 2 N–H and O–H groups in total. The van der Waals surface area contributed by atoms with E-state index in [4.69, 9.17) is 4.74 Å². The molecule has 2 aromatic rings. The van der Waals surface area contributed by atoms with Crippen molar-refractivity contribution in [2.24, 2.45) is 5.92 Å². The number of nitrogens with zero attached hydrogens (tertiary/aromatic N) is 1. The van der Waals surface area contributed by atoms with Gasteiger partial charge in [0.1, 0.15) is 5.75 Å². The SMILES string of the molecule is COc1ccccc1N1CC(C(=O)NCCNS(=O)(=O)c2ccccc2)CC1=O. The zero-order valence-electron chi connectivity index (χ0n) is 16.0. The van der Waals surface area contributed by atoms with E-state index in [0.717, 1.165) is 0 Å². The van der Waals surface area contributed by atoms with E-state index in [9.17, 15) is 18.0 Å². The Balaban J connectivity index is 1.51. The van der Waals surface area contributed by atoms with Crippen molar-refractivity contribution in [1.82, 2.24) is 10.0 Å². The van der Waals surface area contributed by atoms with E-state index in [1.54, 1.807) is 41.3 Å². The number of methoxy groups -OCH3 is 1. The van der Waals surface area contributed by atoms with E-state index in [-0.39, 0.29) is 42.8 Å². The highest BCUT2D eigenvalue weighted by Crippen LogP contribution is 2.32. The average molecular weight is 417 g/mol. The van der Waals surface area contributed by atoms with E-state index >= 15 is 0 Å². The molecule has 3 rings (SSSR count). The maximum atomic E-state index is 12.4. The van der Waals surface area contributed by atoms with E-state index in [2.05, 4.69) is 10.0 Å². The molecule has 0 aromatic heterocycles. The van der Waals surface area contributed by atoms with Gasteiger partial charge in [0.15, 0.2) is 0 Å². The molecule has 1 aliphatic heterocycles. The van der Waals surface area contributed by atoms with Crippen molar-refractivity contribution in [2.45, 2.75) is 11.3 Å². The smallest absolute Gasteiger partial charge is 0.240 e. The lowest BCUT2D eigenvalue weighted by atomic mass is 10.1. The Bertz CT molecular complexity index is 979. The minimum Gasteiger partial charge on any atom is -0.495 e. The molecule has 1 fully saturated rings. The van der Waals surface area contributed by atoms with Crippen LogP contribution in [0.1, 0.15) is 6.42 Å². The molecule has 1 heterocycles. The van der Waals surface area contributed by atoms with Crippen molar-refractivity contribution >= 4 is 27.5 Å². The Hall–Kier alpha value is -2.91. The minimum absolute atomic E-state index is 0.0554. The Morgan fingerprint density at radius 1 is 1.10 bits per heavy atom. The Morgan fingerprint density at radius 3 is 2.52 bits per heavy atom. The molecule has 0 spiro atoms. The maximum absolute atomic E-state index is 12.4. The van der Waals surface area contributed by atoms with Gasteiger partial charge in [-0.15, -0.1) is 0 Å². The second kappa shape index (κ2) is 9.06. The van der Waals surface area contributed by atoms with Crippen LogP contribution in [0.15, 0.2) is 59.5 Å². The van der Waals surface area contributed by atoms with Crippen LogP contribution in [0.4, 0.5) is 5.69 Å². The van der Waals surface area contributed by atoms with Gasteiger partial charge in [-0.3, -0.25) is 9.59 Å². The Labute approximate surface area is 169 Å². The fourth-order valence-corrected chi connectivity index (χ4v) is 4.22. The molecule has 0 saturated carbocycles. The summed E-state index contributed by atoms with van der Waals surface area (Å²) in [7, 11) is -2.09. The van der Waals surface area contributed by atoms with Crippen LogP contribution in [-0.2, 0) is 19.6 Å². The van der Waals surface area contributed by atoms with Gasteiger partial charge in [-0.2, -0.15) is 0 Å². The predicted octanol–water partition coefficient (Wildman–Crippen LogP) is 1.14. The summed E-state index contributed by atoms with van der Waals surface area (Å²) in [5, 5.41) is 2.69. The van der Waals surface area contributed by atoms with Gasteiger partial charge in [0.25, 0.3) is 0 Å². The number of hydrogen-bond donors (Lipinski definition) is 2. The van der Waals surface area contributed by atoms with Crippen LogP contribution in [0.2, 0.25) is 0 Å². The van der Waals surface area contributed by atoms with Crippen molar-refractivity contribution in [3.05, 3.63) is 54.6 Å². The van der Waals surface area contributed by atoms with Crippen molar-refractivity contribution in [3.63, 3.8) is 0 Å². The summed E-state index contributed by atoms with van der Waals surface area (Å²) in [4.78, 5) is 26.5. The first-order valence-electron chi connectivity index (χ1n) is 9.18. The number of sulfonamides is 1. The van der Waals surface area contributed by atoms with E-state index in [1.807, 2.05) is 6.07 Å². The predicted molar refractivity (Wildman–Crippen MR) is 108 cm³/mol. The van der Waals surface area contributed by atoms with E-state index in [0.29, 0.717) is 11.4 Å². The third-order valence-corrected chi connectivity index (χ3v) is 6.12. The number of carbonyl (C=O) groups excluding carboxylic acids is 2. The monoisotopic (exact) mass is 417 g/mol. The Morgan fingerprint density at radius 2 is 1.79 bits per heavy atom. The molecular formula is C20H23N3O5S. The van der Waals surface area contributed by atoms with Crippen LogP contribution in [0.25, 0.3) is 0 Å². The van der Waals surface area contributed by atoms with Crippen molar-refractivity contribution in [3.8, 4) is 5.75 Å². The highest BCUT2D eigenvalue weighted by molar-refractivity contribution is 7.89. The lowest BCUT2D eigenvalue weighted by molar-refractivity contribution is -0.126. The van der Waals surface area contributed by atoms with Gasteiger partial charge in [-0.1, -0.05) is 30.3 Å². The molecule has 1 atom stereocenters. The molecule has 1 saturated heterocycles. The highest BCUT2D eigenvalue weighted by atomic mass is 32.2. The lowest BCUT2D eigenvalue weighted by Crippen LogP contribution is -2.38. The van der Waals surface area contributed by atoms with Crippen LogP contribution < -0.4 is 19.7 Å². The average Bonchev–Trinajstić information content (AvgIpc) is 3.13. The van der Waals surface area contributed by atoms with Gasteiger partial charge in [0, 0.05) is 26.1 Å². The summed E-state index contributed by atoms with van der Waals surface area (Å²) in [5.41, 5.74) is 0.630. The third kappa shape index (κ3) is 4.93. The van der Waals surface area contributed by atoms with Gasteiger partial charge >= 0.3 is 0 Å². The van der Waals surface area contributed by atoms with Crippen LogP contribution in [-0.4, -0.2) is 47.0 Å². The molecule has 0 bridgehead atoms. The summed E-state index contributed by atoms with van der Waals surface area (Å²) >= 11 is 0. The fraction of sp³-hybridized carbons (Fsp3) is 0.300. The number of anilines is 1. The lowest BCUT2D eigenvalue weighted by Gasteiger charge is -2.19. The quantitative estimate of drug-likeness (QED) is 0.627. The van der Waals surface area contributed by atoms with E-state index in [1.165, 1.54) is 19.2 Å². The van der Waals surface area contributed by atoms with Crippen molar-refractivity contribution in [1.29, 1.82) is 0 Å². The third-order valence-electron chi connectivity index (χ3n) is 4.64. The number of carbonyl (C=O) groups is 2. The molecule has 9 heteroatoms. The van der Waals surface area contributed by atoms with Gasteiger partial charge in [0.05, 0.1) is 23.6 Å². The van der Waals surface area contributed by atoms with Crippen molar-refractivity contribution < 1.29 is 22.7 Å². The molecule has 8 nitrogen and oxygen atoms in total. The first kappa shape index (κ1) is 20.8. The van der Waals surface area contributed by atoms with Gasteiger partial charge in [-0.05, 0) is 24.3 Å². The van der Waals surface area contributed by atoms with E-state index < -0.39 is 15.9 Å². The first-order chi connectivity index (χ1) is 13.9. The van der Waals surface area contributed by atoms with Gasteiger partial charge < -0.3 is 15.0 Å². The number of benzene rings is 2. The summed E-state index contributed by atoms with van der Waals surface area (Å²) in [5.74, 6) is -0.371. The zero-order chi connectivity index (χ0) is 20.9. The normalized spacial score (nSPS) is 16.7. The molecule has 2 amide bonds.